The maximum atomic E-state index is 11.0. The van der Waals surface area contributed by atoms with Gasteiger partial charge in [-0.05, 0) is 71.5 Å². The first kappa shape index (κ1) is 17.4. The third-order valence-corrected chi connectivity index (χ3v) is 4.46. The molecule has 0 spiro atoms. The summed E-state index contributed by atoms with van der Waals surface area (Å²) in [4.78, 5) is 22.0. The van der Waals surface area contributed by atoms with Crippen LogP contribution in [-0.4, -0.2) is 22.2 Å². The van der Waals surface area contributed by atoms with Gasteiger partial charge in [-0.2, -0.15) is 0 Å². The van der Waals surface area contributed by atoms with Crippen molar-refractivity contribution in [2.24, 2.45) is 0 Å². The van der Waals surface area contributed by atoms with E-state index in [0.29, 0.717) is 0 Å². The number of rotatable bonds is 4. The Kier molecular flexibility index (Phi) is 4.59. The van der Waals surface area contributed by atoms with Crippen LogP contribution >= 0.6 is 0 Å². The maximum absolute atomic E-state index is 11.0. The number of carboxylic acid groups (broad SMARTS) is 2. The summed E-state index contributed by atoms with van der Waals surface area (Å²) in [5.74, 6) is -1.88. The van der Waals surface area contributed by atoms with Crippen molar-refractivity contribution in [3.63, 3.8) is 0 Å². The van der Waals surface area contributed by atoms with E-state index in [1.807, 2.05) is 38.1 Å². The van der Waals surface area contributed by atoms with Gasteiger partial charge >= 0.3 is 11.9 Å². The van der Waals surface area contributed by atoms with E-state index in [2.05, 4.69) is 12.1 Å². The standard InChI is InChI=1S/C22H18O4/c1-13-11-20(16-5-9-18(10-6-16)22(25)26)14(2)12-19(13)15-3-7-17(8-4-15)21(23)24/h3-12H,1-2H3,(H,23,24)(H,25,26). The lowest BCUT2D eigenvalue weighted by atomic mass is 9.91. The Bertz CT molecular complexity index is 901. The predicted octanol–water partition coefficient (Wildman–Crippen LogP) is 5.03. The fourth-order valence-electron chi connectivity index (χ4n) is 3.02. The van der Waals surface area contributed by atoms with Crippen LogP contribution in [0.3, 0.4) is 0 Å². The van der Waals surface area contributed by atoms with Crippen molar-refractivity contribution in [1.29, 1.82) is 0 Å². The number of aryl methyl sites for hydroxylation is 2. The Morgan fingerprint density at radius 2 is 0.923 bits per heavy atom. The Balaban J connectivity index is 2.00. The quantitative estimate of drug-likeness (QED) is 0.694. The molecule has 3 aromatic rings. The summed E-state index contributed by atoms with van der Waals surface area (Å²) in [7, 11) is 0. The first-order valence-electron chi connectivity index (χ1n) is 8.15. The topological polar surface area (TPSA) is 74.6 Å². The van der Waals surface area contributed by atoms with E-state index in [1.165, 1.54) is 0 Å². The molecule has 26 heavy (non-hydrogen) atoms. The zero-order valence-corrected chi connectivity index (χ0v) is 14.5. The number of carbonyl (C=O) groups is 2. The van der Waals surface area contributed by atoms with Crippen molar-refractivity contribution in [1.82, 2.24) is 0 Å². The fourth-order valence-corrected chi connectivity index (χ4v) is 3.02. The van der Waals surface area contributed by atoms with Gasteiger partial charge in [-0.1, -0.05) is 36.4 Å². The van der Waals surface area contributed by atoms with Gasteiger partial charge in [0, 0.05) is 0 Å². The van der Waals surface area contributed by atoms with Gasteiger partial charge in [-0.3, -0.25) is 0 Å². The summed E-state index contributed by atoms with van der Waals surface area (Å²) in [6.45, 7) is 4.02. The minimum Gasteiger partial charge on any atom is -0.478 e. The molecule has 4 heteroatoms. The van der Waals surface area contributed by atoms with E-state index in [1.54, 1.807) is 24.3 Å². The van der Waals surface area contributed by atoms with E-state index in [0.717, 1.165) is 33.4 Å². The minimum absolute atomic E-state index is 0.262. The second-order valence-electron chi connectivity index (χ2n) is 6.25. The highest BCUT2D eigenvalue weighted by Crippen LogP contribution is 2.32. The largest absolute Gasteiger partial charge is 0.478 e. The normalized spacial score (nSPS) is 10.5. The summed E-state index contributed by atoms with van der Waals surface area (Å²) in [5, 5.41) is 18.0. The fraction of sp³-hybridized carbons (Fsp3) is 0.0909. The zero-order chi connectivity index (χ0) is 18.8. The second kappa shape index (κ2) is 6.84. The van der Waals surface area contributed by atoms with Gasteiger partial charge in [0.05, 0.1) is 11.1 Å². The van der Waals surface area contributed by atoms with E-state index in [9.17, 15) is 9.59 Å². The number of carboxylic acids is 2. The van der Waals surface area contributed by atoms with Gasteiger partial charge in [0.25, 0.3) is 0 Å². The van der Waals surface area contributed by atoms with Gasteiger partial charge < -0.3 is 10.2 Å². The molecule has 0 bridgehead atoms. The molecule has 4 nitrogen and oxygen atoms in total. The lowest BCUT2D eigenvalue weighted by Gasteiger charge is -2.13. The number of hydrogen-bond donors (Lipinski definition) is 2. The average molecular weight is 346 g/mol. The molecule has 130 valence electrons. The van der Waals surface area contributed by atoms with Crippen LogP contribution in [0.2, 0.25) is 0 Å². The molecule has 0 aliphatic carbocycles. The Morgan fingerprint density at radius 1 is 0.615 bits per heavy atom. The van der Waals surface area contributed by atoms with Crippen molar-refractivity contribution >= 4 is 11.9 Å². The van der Waals surface area contributed by atoms with Gasteiger partial charge in [-0.25, -0.2) is 9.59 Å². The SMILES string of the molecule is Cc1cc(-c2ccc(C(=O)O)cc2)c(C)cc1-c1ccc(C(=O)O)cc1. The summed E-state index contributed by atoms with van der Waals surface area (Å²) < 4.78 is 0. The zero-order valence-electron chi connectivity index (χ0n) is 14.5. The van der Waals surface area contributed by atoms with Crippen LogP contribution in [0.15, 0.2) is 60.7 Å². The van der Waals surface area contributed by atoms with Crippen molar-refractivity contribution in [3.05, 3.63) is 82.9 Å². The highest BCUT2D eigenvalue weighted by Gasteiger charge is 2.10. The molecule has 0 saturated carbocycles. The van der Waals surface area contributed by atoms with Gasteiger partial charge in [-0.15, -0.1) is 0 Å². The van der Waals surface area contributed by atoms with Crippen molar-refractivity contribution < 1.29 is 19.8 Å². The molecular weight excluding hydrogens is 328 g/mol. The molecule has 0 atom stereocenters. The summed E-state index contributed by atoms with van der Waals surface area (Å²) in [6, 6.07) is 17.8. The first-order chi connectivity index (χ1) is 12.4. The van der Waals surface area contributed by atoms with E-state index >= 15 is 0 Å². The van der Waals surface area contributed by atoms with Crippen molar-refractivity contribution in [2.75, 3.05) is 0 Å². The Morgan fingerprint density at radius 3 is 1.19 bits per heavy atom. The van der Waals surface area contributed by atoms with Crippen LogP contribution < -0.4 is 0 Å². The Labute approximate surface area is 151 Å². The number of hydrogen-bond acceptors (Lipinski definition) is 2. The average Bonchev–Trinajstić information content (AvgIpc) is 2.63. The molecule has 0 radical (unpaired) electrons. The molecule has 3 aromatic carbocycles. The molecule has 0 fully saturated rings. The summed E-state index contributed by atoms with van der Waals surface area (Å²) in [5.41, 5.74) is 6.67. The smallest absolute Gasteiger partial charge is 0.335 e. The predicted molar refractivity (Wildman–Crippen MR) is 101 cm³/mol. The molecule has 0 heterocycles. The highest BCUT2D eigenvalue weighted by molar-refractivity contribution is 5.89. The highest BCUT2D eigenvalue weighted by atomic mass is 16.4. The molecule has 0 aliphatic rings. The van der Waals surface area contributed by atoms with Crippen LogP contribution in [-0.2, 0) is 0 Å². The number of aromatic carboxylic acids is 2. The molecular formula is C22H18O4. The lowest BCUT2D eigenvalue weighted by Crippen LogP contribution is -1.96. The van der Waals surface area contributed by atoms with E-state index in [4.69, 9.17) is 10.2 Å². The summed E-state index contributed by atoms with van der Waals surface area (Å²) >= 11 is 0. The number of benzene rings is 3. The monoisotopic (exact) mass is 346 g/mol. The molecule has 0 amide bonds. The molecule has 3 rings (SSSR count). The third kappa shape index (κ3) is 3.35. The molecule has 2 N–H and O–H groups in total. The van der Waals surface area contributed by atoms with Gasteiger partial charge in [0.15, 0.2) is 0 Å². The third-order valence-electron chi connectivity index (χ3n) is 4.46. The van der Waals surface area contributed by atoms with Gasteiger partial charge in [0.1, 0.15) is 0 Å². The minimum atomic E-state index is -0.940. The van der Waals surface area contributed by atoms with E-state index < -0.39 is 11.9 Å². The molecule has 0 aromatic heterocycles. The molecule has 0 unspecified atom stereocenters. The van der Waals surface area contributed by atoms with Gasteiger partial charge in [0.2, 0.25) is 0 Å². The van der Waals surface area contributed by atoms with Crippen LogP contribution in [0.25, 0.3) is 22.3 Å². The second-order valence-corrected chi connectivity index (χ2v) is 6.25. The first-order valence-corrected chi connectivity index (χ1v) is 8.15. The maximum Gasteiger partial charge on any atom is 0.335 e. The summed E-state index contributed by atoms with van der Waals surface area (Å²) in [6.07, 6.45) is 0. The lowest BCUT2D eigenvalue weighted by molar-refractivity contribution is 0.0686. The Hall–Kier alpha value is -3.40. The van der Waals surface area contributed by atoms with Crippen LogP contribution in [0.4, 0.5) is 0 Å². The van der Waals surface area contributed by atoms with Crippen molar-refractivity contribution in [3.8, 4) is 22.3 Å². The van der Waals surface area contributed by atoms with E-state index in [-0.39, 0.29) is 11.1 Å². The van der Waals surface area contributed by atoms with Crippen LogP contribution in [0.1, 0.15) is 31.8 Å². The van der Waals surface area contributed by atoms with Crippen molar-refractivity contribution in [2.45, 2.75) is 13.8 Å². The molecule has 0 aliphatic heterocycles. The van der Waals surface area contributed by atoms with Crippen LogP contribution in [0, 0.1) is 13.8 Å². The van der Waals surface area contributed by atoms with Crippen LogP contribution in [0.5, 0.6) is 0 Å². The molecule has 0 saturated heterocycles.